The predicted octanol–water partition coefficient (Wildman–Crippen LogP) is 3.79. The van der Waals surface area contributed by atoms with E-state index >= 15 is 0 Å². The van der Waals surface area contributed by atoms with Gasteiger partial charge in [0.2, 0.25) is 5.91 Å². The number of carbonyl (C=O) groups excluding carboxylic acids is 3. The fraction of sp³-hybridized carbons (Fsp3) is 0.464. The number of nitrogens with one attached hydrogen (secondary N) is 1. The van der Waals surface area contributed by atoms with E-state index in [1.54, 1.807) is 13.2 Å². The topological polar surface area (TPSA) is 82.9 Å². The quantitative estimate of drug-likeness (QED) is 0.442. The monoisotopic (exact) mass is 475 g/mol. The molecule has 1 aromatic carbocycles. The number of hydrogen-bond acceptors (Lipinski definition) is 4. The minimum absolute atomic E-state index is 0.0246. The van der Waals surface area contributed by atoms with Crippen molar-refractivity contribution in [3.8, 4) is 11.8 Å². The summed E-state index contributed by atoms with van der Waals surface area (Å²) in [6.45, 7) is 2.97. The fourth-order valence-electron chi connectivity index (χ4n) is 5.28. The van der Waals surface area contributed by atoms with Gasteiger partial charge in [0.25, 0.3) is 5.91 Å². The second kappa shape index (κ2) is 11.3. The molecule has 2 aliphatic rings. The summed E-state index contributed by atoms with van der Waals surface area (Å²) < 4.78 is 5.34. The van der Waals surface area contributed by atoms with Gasteiger partial charge < -0.3 is 14.6 Å². The molecule has 1 atom stereocenters. The third kappa shape index (κ3) is 5.59. The first-order valence-corrected chi connectivity index (χ1v) is 12.4. The first-order chi connectivity index (χ1) is 17.0. The predicted molar refractivity (Wildman–Crippen MR) is 132 cm³/mol. The molecule has 0 saturated carbocycles. The third-order valence-corrected chi connectivity index (χ3v) is 7.21. The zero-order chi connectivity index (χ0) is 24.7. The molecular weight excluding hydrogens is 442 g/mol. The molecule has 0 aliphatic carbocycles. The molecule has 1 N–H and O–H groups in total. The molecule has 4 rings (SSSR count). The largest absolute Gasteiger partial charge is 0.469 e. The van der Waals surface area contributed by atoms with Gasteiger partial charge in [-0.15, -0.1) is 5.92 Å². The molecule has 35 heavy (non-hydrogen) atoms. The molecule has 1 aromatic heterocycles. The van der Waals surface area contributed by atoms with Gasteiger partial charge in [0.1, 0.15) is 11.3 Å². The van der Waals surface area contributed by atoms with Gasteiger partial charge in [-0.1, -0.05) is 36.3 Å². The molecule has 2 saturated heterocycles. The van der Waals surface area contributed by atoms with Crippen molar-refractivity contribution >= 4 is 17.8 Å². The van der Waals surface area contributed by atoms with Gasteiger partial charge in [0.05, 0.1) is 12.8 Å². The lowest BCUT2D eigenvalue weighted by Crippen LogP contribution is -2.56. The van der Waals surface area contributed by atoms with Crippen molar-refractivity contribution < 1.29 is 18.8 Å². The summed E-state index contributed by atoms with van der Waals surface area (Å²) in [6.07, 6.45) is 6.14. The maximum absolute atomic E-state index is 13.6. The fourth-order valence-corrected chi connectivity index (χ4v) is 5.28. The SMILES string of the molecule is CC#CCN1C(=O)N[C@@](CCCc2ccccc2)(C2CCN(C(=O)CCc3ccco3)CC2)C1=O. The Hall–Kier alpha value is -3.53. The van der Waals surface area contributed by atoms with Crippen LogP contribution >= 0.6 is 0 Å². The van der Waals surface area contributed by atoms with Crippen LogP contribution in [-0.4, -0.2) is 52.8 Å². The molecule has 0 bridgehead atoms. The molecule has 2 aliphatic heterocycles. The number of amides is 4. The summed E-state index contributed by atoms with van der Waals surface area (Å²) in [5.41, 5.74) is 0.273. The summed E-state index contributed by atoms with van der Waals surface area (Å²) in [4.78, 5) is 42.3. The molecule has 184 valence electrons. The zero-order valence-electron chi connectivity index (χ0n) is 20.3. The number of nitrogens with zero attached hydrogens (tertiary/aromatic N) is 2. The third-order valence-electron chi connectivity index (χ3n) is 7.21. The van der Waals surface area contributed by atoms with Crippen LogP contribution in [0, 0.1) is 17.8 Å². The second-order valence-electron chi connectivity index (χ2n) is 9.29. The number of benzene rings is 1. The molecule has 4 amide bonds. The van der Waals surface area contributed by atoms with Crippen LogP contribution in [0.25, 0.3) is 0 Å². The first-order valence-electron chi connectivity index (χ1n) is 12.4. The molecule has 3 heterocycles. The van der Waals surface area contributed by atoms with E-state index in [1.807, 2.05) is 35.2 Å². The molecule has 2 aromatic rings. The minimum Gasteiger partial charge on any atom is -0.469 e. The van der Waals surface area contributed by atoms with Gasteiger partial charge in [-0.05, 0) is 62.6 Å². The number of carbonyl (C=O) groups is 3. The molecular formula is C28H33N3O4. The van der Waals surface area contributed by atoms with Gasteiger partial charge in [-0.3, -0.25) is 14.5 Å². The van der Waals surface area contributed by atoms with Gasteiger partial charge in [0, 0.05) is 25.9 Å². The lowest BCUT2D eigenvalue weighted by atomic mass is 9.74. The van der Waals surface area contributed by atoms with Crippen molar-refractivity contribution in [2.24, 2.45) is 5.92 Å². The van der Waals surface area contributed by atoms with Crippen molar-refractivity contribution in [2.75, 3.05) is 19.6 Å². The van der Waals surface area contributed by atoms with Crippen LogP contribution in [0.15, 0.2) is 53.1 Å². The molecule has 2 fully saturated rings. The van der Waals surface area contributed by atoms with E-state index in [1.165, 1.54) is 10.5 Å². The zero-order valence-corrected chi connectivity index (χ0v) is 20.3. The first kappa shape index (κ1) is 24.6. The highest BCUT2D eigenvalue weighted by Crippen LogP contribution is 2.37. The van der Waals surface area contributed by atoms with E-state index in [-0.39, 0.29) is 30.3 Å². The smallest absolute Gasteiger partial charge is 0.325 e. The summed E-state index contributed by atoms with van der Waals surface area (Å²) in [6, 6.07) is 13.5. The lowest BCUT2D eigenvalue weighted by Gasteiger charge is -2.41. The second-order valence-corrected chi connectivity index (χ2v) is 9.29. The average Bonchev–Trinajstić information content (AvgIpc) is 3.49. The normalized spacial score (nSPS) is 20.5. The molecule has 7 nitrogen and oxygen atoms in total. The number of likely N-dealkylation sites (tertiary alicyclic amines) is 1. The van der Waals surface area contributed by atoms with Crippen molar-refractivity contribution in [3.63, 3.8) is 0 Å². The van der Waals surface area contributed by atoms with Crippen molar-refractivity contribution in [1.29, 1.82) is 0 Å². The highest BCUT2D eigenvalue weighted by Gasteiger charge is 2.55. The van der Waals surface area contributed by atoms with Crippen molar-refractivity contribution in [3.05, 3.63) is 60.1 Å². The maximum atomic E-state index is 13.6. The molecule has 0 spiro atoms. The molecule has 0 unspecified atom stereocenters. The van der Waals surface area contributed by atoms with E-state index in [0.717, 1.165) is 18.6 Å². The Morgan fingerprint density at radius 2 is 1.89 bits per heavy atom. The summed E-state index contributed by atoms with van der Waals surface area (Å²) >= 11 is 0. The van der Waals surface area contributed by atoms with Crippen molar-refractivity contribution in [1.82, 2.24) is 15.1 Å². The Morgan fingerprint density at radius 1 is 1.11 bits per heavy atom. The van der Waals surface area contributed by atoms with Gasteiger partial charge >= 0.3 is 6.03 Å². The number of urea groups is 1. The van der Waals surface area contributed by atoms with Gasteiger partial charge in [-0.2, -0.15) is 0 Å². The maximum Gasteiger partial charge on any atom is 0.325 e. The van der Waals surface area contributed by atoms with Crippen LogP contribution in [0.1, 0.15) is 50.4 Å². The lowest BCUT2D eigenvalue weighted by molar-refractivity contribution is -0.136. The Labute approximate surface area is 206 Å². The number of piperidine rings is 1. The summed E-state index contributed by atoms with van der Waals surface area (Å²) in [5, 5.41) is 3.07. The average molecular weight is 476 g/mol. The van der Waals surface area contributed by atoms with Crippen LogP contribution in [-0.2, 0) is 22.4 Å². The number of rotatable bonds is 9. The van der Waals surface area contributed by atoms with Crippen LogP contribution in [0.2, 0.25) is 0 Å². The van der Waals surface area contributed by atoms with E-state index in [9.17, 15) is 14.4 Å². The summed E-state index contributed by atoms with van der Waals surface area (Å²) in [5.74, 6) is 6.33. The van der Waals surface area contributed by atoms with Crippen LogP contribution in [0.5, 0.6) is 0 Å². The Kier molecular flexibility index (Phi) is 7.91. The highest BCUT2D eigenvalue weighted by molar-refractivity contribution is 6.07. The van der Waals surface area contributed by atoms with Crippen LogP contribution in [0.3, 0.4) is 0 Å². The molecule has 0 radical (unpaired) electrons. The Balaban J connectivity index is 1.42. The standard InChI is InChI=1S/C28H33N3O4/c1-2-3-18-31-26(33)28(29-27(31)34,17-7-11-22-9-5-4-6-10-22)23-15-19-30(20-16-23)25(32)14-13-24-12-8-21-35-24/h4-6,8-10,12,21,23H,7,11,13-20H2,1H3,(H,29,34)/t28-/m0/s1. The number of hydrogen-bond donors (Lipinski definition) is 1. The van der Waals surface area contributed by atoms with Crippen LogP contribution < -0.4 is 5.32 Å². The Morgan fingerprint density at radius 3 is 2.57 bits per heavy atom. The summed E-state index contributed by atoms with van der Waals surface area (Å²) in [7, 11) is 0. The van der Waals surface area contributed by atoms with E-state index < -0.39 is 5.54 Å². The Bertz CT molecular complexity index is 1080. The van der Waals surface area contributed by atoms with Gasteiger partial charge in [-0.25, -0.2) is 4.79 Å². The van der Waals surface area contributed by atoms with E-state index in [2.05, 4.69) is 29.3 Å². The number of imide groups is 1. The molecule has 7 heteroatoms. The minimum atomic E-state index is -0.940. The van der Waals surface area contributed by atoms with Crippen LogP contribution in [0.4, 0.5) is 4.79 Å². The number of aryl methyl sites for hydroxylation is 2. The van der Waals surface area contributed by atoms with Gasteiger partial charge in [0.15, 0.2) is 0 Å². The highest BCUT2D eigenvalue weighted by atomic mass is 16.3. The van der Waals surface area contributed by atoms with E-state index in [0.29, 0.717) is 45.2 Å². The number of furan rings is 1. The van der Waals surface area contributed by atoms with Crippen molar-refractivity contribution in [2.45, 2.75) is 57.4 Å². The van der Waals surface area contributed by atoms with E-state index in [4.69, 9.17) is 4.42 Å².